The van der Waals surface area contributed by atoms with Gasteiger partial charge in [-0.1, -0.05) is 12.2 Å². The topological polar surface area (TPSA) is 29.5 Å². The summed E-state index contributed by atoms with van der Waals surface area (Å²) in [5.41, 5.74) is 4.76. The number of nitrogens with zero attached hydrogens (tertiary/aromatic N) is 3. The smallest absolute Gasteiger partial charge is 0.180 e. The lowest BCUT2D eigenvalue weighted by atomic mass is 10.1. The molecule has 0 N–H and O–H groups in total. The van der Waals surface area contributed by atoms with Crippen molar-refractivity contribution >= 4 is 12.4 Å². The van der Waals surface area contributed by atoms with E-state index in [2.05, 4.69) is 17.4 Å². The molecule has 0 saturated carbocycles. The van der Waals surface area contributed by atoms with E-state index in [1.54, 1.807) is 4.68 Å². The van der Waals surface area contributed by atoms with Crippen LogP contribution in [0.3, 0.4) is 0 Å². The van der Waals surface area contributed by atoms with Crippen LogP contribution in [0.25, 0.3) is 5.53 Å². The second kappa shape index (κ2) is 1.80. The maximum Gasteiger partial charge on any atom is 0.180 e. The summed E-state index contributed by atoms with van der Waals surface area (Å²) in [6, 6.07) is 0.171. The fourth-order valence-corrected chi connectivity index (χ4v) is 1.03. The van der Waals surface area contributed by atoms with Gasteiger partial charge in [-0.2, -0.15) is 0 Å². The molecule has 0 bridgehead atoms. The Hall–Kier alpha value is -1.38. The van der Waals surface area contributed by atoms with E-state index < -0.39 is 0 Å². The standard InChI is InChI=1S/C7H7N3/c1-10-7-5-3-2-4-6(7)8-9-10/h2-5,7H,1H2. The largest absolute Gasteiger partial charge is 0.317 e. The Kier molecular flexibility index (Phi) is 0.974. The third-order valence-electron chi connectivity index (χ3n) is 1.57. The van der Waals surface area contributed by atoms with Gasteiger partial charge in [0.1, 0.15) is 0 Å². The van der Waals surface area contributed by atoms with Gasteiger partial charge < -0.3 is 10.2 Å². The van der Waals surface area contributed by atoms with E-state index in [1.165, 1.54) is 0 Å². The first-order chi connectivity index (χ1) is 4.88. The quantitative estimate of drug-likeness (QED) is 0.438. The van der Waals surface area contributed by atoms with Gasteiger partial charge in [0, 0.05) is 6.72 Å². The second-order valence-corrected chi connectivity index (χ2v) is 2.24. The van der Waals surface area contributed by atoms with E-state index in [9.17, 15) is 0 Å². The SMILES string of the molecule is C=[N+]1[N-]N=C2C=CC=CC21. The second-order valence-electron chi connectivity index (χ2n) is 2.24. The van der Waals surface area contributed by atoms with Gasteiger partial charge >= 0.3 is 0 Å². The third kappa shape index (κ3) is 0.603. The first-order valence-electron chi connectivity index (χ1n) is 3.11. The summed E-state index contributed by atoms with van der Waals surface area (Å²) < 4.78 is 1.59. The molecule has 0 saturated heterocycles. The van der Waals surface area contributed by atoms with Crippen molar-refractivity contribution < 1.29 is 4.68 Å². The van der Waals surface area contributed by atoms with Gasteiger partial charge in [0.05, 0.1) is 0 Å². The van der Waals surface area contributed by atoms with E-state index in [0.717, 1.165) is 5.71 Å². The van der Waals surface area contributed by atoms with Crippen LogP contribution in [0.4, 0.5) is 0 Å². The fraction of sp³-hybridized carbons (Fsp3) is 0.143. The molecule has 0 aromatic rings. The van der Waals surface area contributed by atoms with E-state index >= 15 is 0 Å². The summed E-state index contributed by atoms with van der Waals surface area (Å²) in [7, 11) is 0. The molecule has 1 unspecified atom stereocenters. The van der Waals surface area contributed by atoms with Gasteiger partial charge in [-0.05, 0) is 12.2 Å². The van der Waals surface area contributed by atoms with Gasteiger partial charge in [0.25, 0.3) is 0 Å². The van der Waals surface area contributed by atoms with Crippen molar-refractivity contribution in [3.8, 4) is 0 Å². The molecule has 1 atom stereocenters. The highest BCUT2D eigenvalue weighted by Gasteiger charge is 2.22. The van der Waals surface area contributed by atoms with Gasteiger partial charge in [0.2, 0.25) is 0 Å². The van der Waals surface area contributed by atoms with Gasteiger partial charge in [-0.15, -0.1) is 5.10 Å². The van der Waals surface area contributed by atoms with Crippen molar-refractivity contribution in [2.24, 2.45) is 5.10 Å². The lowest BCUT2D eigenvalue weighted by Crippen LogP contribution is -2.22. The minimum absolute atomic E-state index is 0.171. The first kappa shape index (κ1) is 5.41. The zero-order valence-corrected chi connectivity index (χ0v) is 5.44. The lowest BCUT2D eigenvalue weighted by molar-refractivity contribution is -0.472. The average Bonchev–Trinajstić information content (AvgIpc) is 2.34. The molecule has 0 amide bonds. The van der Waals surface area contributed by atoms with Crippen LogP contribution in [0.15, 0.2) is 29.4 Å². The van der Waals surface area contributed by atoms with Gasteiger partial charge in [-0.3, -0.25) is 0 Å². The zero-order valence-electron chi connectivity index (χ0n) is 5.44. The molecule has 0 aromatic carbocycles. The van der Waals surface area contributed by atoms with E-state index in [0.29, 0.717) is 0 Å². The van der Waals surface area contributed by atoms with E-state index in [-0.39, 0.29) is 6.04 Å². The Morgan fingerprint density at radius 3 is 3.30 bits per heavy atom. The van der Waals surface area contributed by atoms with E-state index in [1.807, 2.05) is 24.3 Å². The summed E-state index contributed by atoms with van der Waals surface area (Å²) in [5, 5.41) is 3.91. The highest BCUT2D eigenvalue weighted by molar-refractivity contribution is 6.02. The summed E-state index contributed by atoms with van der Waals surface area (Å²) in [6.07, 6.45) is 7.88. The number of hydrogen-bond acceptors (Lipinski definition) is 1. The number of rotatable bonds is 0. The summed E-state index contributed by atoms with van der Waals surface area (Å²) in [5.74, 6) is 0. The van der Waals surface area contributed by atoms with Crippen molar-refractivity contribution in [1.82, 2.24) is 0 Å². The summed E-state index contributed by atoms with van der Waals surface area (Å²) in [6.45, 7) is 3.69. The van der Waals surface area contributed by atoms with Gasteiger partial charge in [-0.25, -0.2) is 0 Å². The van der Waals surface area contributed by atoms with Crippen molar-refractivity contribution in [3.63, 3.8) is 0 Å². The molecule has 10 heavy (non-hydrogen) atoms. The van der Waals surface area contributed by atoms with E-state index in [4.69, 9.17) is 0 Å². The Bertz CT molecular complexity index is 260. The molecule has 0 spiro atoms. The number of fused-ring (bicyclic) bond motifs is 1. The minimum atomic E-state index is 0.171. The molecule has 0 fully saturated rings. The molecule has 2 aliphatic rings. The van der Waals surface area contributed by atoms with Crippen LogP contribution in [0, 0.1) is 0 Å². The van der Waals surface area contributed by atoms with Gasteiger partial charge in [0.15, 0.2) is 11.8 Å². The molecule has 3 nitrogen and oxygen atoms in total. The molecular weight excluding hydrogens is 126 g/mol. The predicted octanol–water partition coefficient (Wildman–Crippen LogP) is 0.852. The van der Waals surface area contributed by atoms with Crippen molar-refractivity contribution in [1.29, 1.82) is 0 Å². The monoisotopic (exact) mass is 133 g/mol. The third-order valence-corrected chi connectivity index (χ3v) is 1.57. The first-order valence-corrected chi connectivity index (χ1v) is 3.11. The summed E-state index contributed by atoms with van der Waals surface area (Å²) in [4.78, 5) is 0. The molecule has 0 aromatic heterocycles. The Balaban J connectivity index is 2.39. The van der Waals surface area contributed by atoms with Crippen LogP contribution in [0.1, 0.15) is 0 Å². The van der Waals surface area contributed by atoms with Crippen molar-refractivity contribution in [2.75, 3.05) is 0 Å². The van der Waals surface area contributed by atoms with Crippen LogP contribution in [0.2, 0.25) is 0 Å². The minimum Gasteiger partial charge on any atom is -0.317 e. The number of hydrogen-bond donors (Lipinski definition) is 0. The van der Waals surface area contributed by atoms with Crippen LogP contribution in [0.5, 0.6) is 0 Å². The normalized spacial score (nSPS) is 27.8. The highest BCUT2D eigenvalue weighted by Crippen LogP contribution is 2.15. The Morgan fingerprint density at radius 1 is 1.60 bits per heavy atom. The fourth-order valence-electron chi connectivity index (χ4n) is 1.03. The van der Waals surface area contributed by atoms with Crippen molar-refractivity contribution in [3.05, 3.63) is 29.8 Å². The average molecular weight is 133 g/mol. The summed E-state index contributed by atoms with van der Waals surface area (Å²) >= 11 is 0. The predicted molar refractivity (Wildman–Crippen MR) is 40.2 cm³/mol. The van der Waals surface area contributed by atoms with Crippen LogP contribution in [-0.2, 0) is 0 Å². The molecule has 3 heteroatoms. The molecule has 2 rings (SSSR count). The maximum absolute atomic E-state index is 3.91. The molecule has 50 valence electrons. The Morgan fingerprint density at radius 2 is 2.50 bits per heavy atom. The van der Waals surface area contributed by atoms with Crippen LogP contribution >= 0.6 is 0 Å². The molecule has 0 radical (unpaired) electrons. The molecular formula is C7H7N3. The molecule has 1 aliphatic heterocycles. The zero-order chi connectivity index (χ0) is 6.97. The number of allylic oxidation sites excluding steroid dienone is 2. The Labute approximate surface area is 59.0 Å². The highest BCUT2D eigenvalue weighted by atomic mass is 15.6. The lowest BCUT2D eigenvalue weighted by Gasteiger charge is -2.09. The van der Waals surface area contributed by atoms with Crippen LogP contribution < -0.4 is 0 Å². The molecule has 1 heterocycles. The maximum atomic E-state index is 3.91. The van der Waals surface area contributed by atoms with Crippen molar-refractivity contribution in [2.45, 2.75) is 6.04 Å². The molecule has 1 aliphatic carbocycles. The van der Waals surface area contributed by atoms with Crippen LogP contribution in [-0.4, -0.2) is 23.2 Å².